The van der Waals surface area contributed by atoms with Gasteiger partial charge in [-0.3, -0.25) is 4.79 Å². The molecule has 1 heterocycles. The SMILES string of the molecule is CN(C)CCCCOC(=O)NC1C=C(Cn2nc(Nc3cc(Cl)cc(Cl)c3)ccc2=O)C=CC1. The first-order valence-electron chi connectivity index (χ1n) is 11.0. The Hall–Kier alpha value is -2.81. The van der Waals surface area contributed by atoms with Gasteiger partial charge in [-0.05, 0) is 69.7 Å². The largest absolute Gasteiger partial charge is 0.450 e. The smallest absolute Gasteiger partial charge is 0.407 e. The minimum Gasteiger partial charge on any atom is -0.450 e. The van der Waals surface area contributed by atoms with Gasteiger partial charge in [0.25, 0.3) is 5.56 Å². The van der Waals surface area contributed by atoms with Crippen molar-refractivity contribution in [3.8, 4) is 0 Å². The Balaban J connectivity index is 1.57. The van der Waals surface area contributed by atoms with Crippen LogP contribution in [0.4, 0.5) is 16.3 Å². The number of anilines is 2. The van der Waals surface area contributed by atoms with Crippen LogP contribution >= 0.6 is 23.2 Å². The third-order valence-electron chi connectivity index (χ3n) is 5.01. The molecular formula is C24H29Cl2N5O3. The highest BCUT2D eigenvalue weighted by atomic mass is 35.5. The normalized spacial score (nSPS) is 15.2. The number of nitrogens with zero attached hydrogens (tertiary/aromatic N) is 3. The number of rotatable bonds is 10. The number of halogens is 2. The van der Waals surface area contributed by atoms with E-state index in [2.05, 4.69) is 20.6 Å². The summed E-state index contributed by atoms with van der Waals surface area (Å²) in [5, 5.41) is 11.3. The molecule has 0 saturated carbocycles. The molecule has 2 aromatic rings. The molecule has 0 spiro atoms. The first-order valence-corrected chi connectivity index (χ1v) is 11.8. The molecule has 0 bridgehead atoms. The lowest BCUT2D eigenvalue weighted by Gasteiger charge is -2.19. The summed E-state index contributed by atoms with van der Waals surface area (Å²) in [4.78, 5) is 26.6. The van der Waals surface area contributed by atoms with Crippen molar-refractivity contribution in [1.29, 1.82) is 0 Å². The molecule has 0 fully saturated rings. The van der Waals surface area contributed by atoms with E-state index in [1.54, 1.807) is 24.3 Å². The maximum absolute atomic E-state index is 12.4. The first kappa shape index (κ1) is 25.8. The molecule has 0 aliphatic heterocycles. The van der Waals surface area contributed by atoms with Gasteiger partial charge in [0.05, 0.1) is 19.2 Å². The molecule has 1 aromatic carbocycles. The van der Waals surface area contributed by atoms with Gasteiger partial charge in [0.2, 0.25) is 0 Å². The van der Waals surface area contributed by atoms with Crippen LogP contribution in [0.25, 0.3) is 0 Å². The molecule has 0 radical (unpaired) electrons. The second kappa shape index (κ2) is 12.6. The van der Waals surface area contributed by atoms with E-state index in [9.17, 15) is 9.59 Å². The van der Waals surface area contributed by atoms with E-state index in [0.29, 0.717) is 34.6 Å². The molecule has 1 amide bonds. The van der Waals surface area contributed by atoms with E-state index in [4.69, 9.17) is 27.9 Å². The number of ether oxygens (including phenoxy) is 1. The second-order valence-corrected chi connectivity index (χ2v) is 9.15. The number of nitrogens with one attached hydrogen (secondary N) is 2. The number of amides is 1. The average Bonchev–Trinajstić information content (AvgIpc) is 2.75. The zero-order chi connectivity index (χ0) is 24.5. The lowest BCUT2D eigenvalue weighted by atomic mass is 10.0. The quantitative estimate of drug-likeness (QED) is 0.458. The lowest BCUT2D eigenvalue weighted by Crippen LogP contribution is -2.35. The van der Waals surface area contributed by atoms with Gasteiger partial charge in [-0.2, -0.15) is 5.10 Å². The number of alkyl carbamates (subject to hydrolysis) is 1. The molecule has 1 aliphatic carbocycles. The van der Waals surface area contributed by atoms with Crippen molar-refractivity contribution in [3.05, 3.63) is 74.5 Å². The van der Waals surface area contributed by atoms with Crippen molar-refractivity contribution < 1.29 is 9.53 Å². The number of allylic oxidation sites excluding steroid dienone is 2. The van der Waals surface area contributed by atoms with Gasteiger partial charge in [0, 0.05) is 21.8 Å². The fraction of sp³-hybridized carbons (Fsp3) is 0.375. The molecule has 34 heavy (non-hydrogen) atoms. The van der Waals surface area contributed by atoms with Crippen LogP contribution in [-0.4, -0.2) is 54.1 Å². The Morgan fingerprint density at radius 3 is 2.71 bits per heavy atom. The molecule has 8 nitrogen and oxygen atoms in total. The Kier molecular flexibility index (Phi) is 9.56. The first-order chi connectivity index (χ1) is 16.3. The summed E-state index contributed by atoms with van der Waals surface area (Å²) in [5.41, 5.74) is 1.28. The zero-order valence-corrected chi connectivity index (χ0v) is 20.8. The Morgan fingerprint density at radius 2 is 1.97 bits per heavy atom. The summed E-state index contributed by atoms with van der Waals surface area (Å²) in [6.45, 7) is 1.61. The topological polar surface area (TPSA) is 88.5 Å². The summed E-state index contributed by atoms with van der Waals surface area (Å²) in [6.07, 6.45) is 7.79. The van der Waals surface area contributed by atoms with Crippen LogP contribution in [0.3, 0.4) is 0 Å². The molecule has 1 unspecified atom stereocenters. The molecule has 3 rings (SSSR count). The predicted octanol–water partition coefficient (Wildman–Crippen LogP) is 4.62. The number of carbonyl (C=O) groups excluding carboxylic acids is 1. The number of benzene rings is 1. The van der Waals surface area contributed by atoms with Crippen molar-refractivity contribution in [2.75, 3.05) is 32.6 Å². The van der Waals surface area contributed by atoms with Crippen LogP contribution in [0.5, 0.6) is 0 Å². The van der Waals surface area contributed by atoms with Gasteiger partial charge in [0.1, 0.15) is 0 Å². The highest BCUT2D eigenvalue weighted by Gasteiger charge is 2.14. The van der Waals surface area contributed by atoms with Gasteiger partial charge >= 0.3 is 6.09 Å². The summed E-state index contributed by atoms with van der Waals surface area (Å²) in [5.74, 6) is 0.478. The maximum Gasteiger partial charge on any atom is 0.407 e. The van der Waals surface area contributed by atoms with Crippen molar-refractivity contribution in [3.63, 3.8) is 0 Å². The van der Waals surface area contributed by atoms with Crippen LogP contribution < -0.4 is 16.2 Å². The lowest BCUT2D eigenvalue weighted by molar-refractivity contribution is 0.141. The van der Waals surface area contributed by atoms with Crippen molar-refractivity contribution >= 4 is 40.8 Å². The molecule has 2 N–H and O–H groups in total. The Bertz CT molecular complexity index is 1090. The van der Waals surface area contributed by atoms with Crippen LogP contribution in [0.2, 0.25) is 10.0 Å². The molecular weight excluding hydrogens is 477 g/mol. The van der Waals surface area contributed by atoms with Crippen molar-refractivity contribution in [2.45, 2.75) is 31.8 Å². The number of hydrogen-bond acceptors (Lipinski definition) is 6. The monoisotopic (exact) mass is 505 g/mol. The predicted molar refractivity (Wildman–Crippen MR) is 136 cm³/mol. The van der Waals surface area contributed by atoms with E-state index in [0.717, 1.165) is 25.0 Å². The average molecular weight is 506 g/mol. The number of hydrogen-bond donors (Lipinski definition) is 2. The van der Waals surface area contributed by atoms with Gasteiger partial charge in [-0.25, -0.2) is 9.48 Å². The third-order valence-corrected chi connectivity index (χ3v) is 5.44. The van der Waals surface area contributed by atoms with Crippen molar-refractivity contribution in [1.82, 2.24) is 20.0 Å². The second-order valence-electron chi connectivity index (χ2n) is 8.27. The molecule has 0 saturated heterocycles. The van der Waals surface area contributed by atoms with Crippen LogP contribution in [-0.2, 0) is 11.3 Å². The van der Waals surface area contributed by atoms with Crippen molar-refractivity contribution in [2.24, 2.45) is 0 Å². The molecule has 1 aliphatic rings. The van der Waals surface area contributed by atoms with Gasteiger partial charge in [-0.1, -0.05) is 41.4 Å². The van der Waals surface area contributed by atoms with Crippen LogP contribution in [0.1, 0.15) is 19.3 Å². The highest BCUT2D eigenvalue weighted by molar-refractivity contribution is 6.35. The van der Waals surface area contributed by atoms with E-state index >= 15 is 0 Å². The summed E-state index contributed by atoms with van der Waals surface area (Å²) in [6, 6.07) is 7.90. The van der Waals surface area contributed by atoms with E-state index in [1.807, 2.05) is 32.3 Å². The number of aromatic nitrogens is 2. The Labute approximate surface area is 209 Å². The van der Waals surface area contributed by atoms with Crippen LogP contribution in [0, 0.1) is 0 Å². The van der Waals surface area contributed by atoms with Gasteiger partial charge in [0.15, 0.2) is 5.82 Å². The van der Waals surface area contributed by atoms with E-state index in [-0.39, 0.29) is 18.1 Å². The Morgan fingerprint density at radius 1 is 1.21 bits per heavy atom. The molecule has 182 valence electrons. The summed E-state index contributed by atoms with van der Waals surface area (Å²) in [7, 11) is 4.03. The zero-order valence-electron chi connectivity index (χ0n) is 19.3. The van der Waals surface area contributed by atoms with E-state index < -0.39 is 6.09 Å². The number of unbranched alkanes of at least 4 members (excludes halogenated alkanes) is 1. The van der Waals surface area contributed by atoms with Gasteiger partial charge < -0.3 is 20.3 Å². The van der Waals surface area contributed by atoms with Gasteiger partial charge in [-0.15, -0.1) is 0 Å². The fourth-order valence-electron chi connectivity index (χ4n) is 3.42. The maximum atomic E-state index is 12.4. The fourth-order valence-corrected chi connectivity index (χ4v) is 3.94. The third kappa shape index (κ3) is 8.52. The highest BCUT2D eigenvalue weighted by Crippen LogP contribution is 2.24. The minimum atomic E-state index is -0.442. The van der Waals surface area contributed by atoms with Crippen LogP contribution in [0.15, 0.2) is 58.9 Å². The number of carbonyl (C=O) groups is 1. The summed E-state index contributed by atoms with van der Waals surface area (Å²) < 4.78 is 6.63. The molecule has 1 atom stereocenters. The standard InChI is InChI=1S/C24H29Cl2N5O3/c1-30(2)10-3-4-11-34-24(33)28-20-7-5-6-17(12-20)16-31-23(32)9-8-22(29-31)27-21-14-18(25)13-19(26)15-21/h5-6,8-9,12-15,20H,3-4,7,10-11,16H2,1-2H3,(H,27,29)(H,28,33). The molecule has 10 heteroatoms. The van der Waals surface area contributed by atoms with E-state index in [1.165, 1.54) is 10.7 Å². The molecule has 1 aromatic heterocycles. The summed E-state index contributed by atoms with van der Waals surface area (Å²) >= 11 is 12.1. The minimum absolute atomic E-state index is 0.208.